The maximum atomic E-state index is 13.1. The zero-order valence-corrected chi connectivity index (χ0v) is 8.84. The van der Waals surface area contributed by atoms with E-state index in [9.17, 15) is 4.39 Å². The monoisotopic (exact) mass is 228 g/mol. The van der Waals surface area contributed by atoms with Gasteiger partial charge in [0.25, 0.3) is 0 Å². The van der Waals surface area contributed by atoms with Crippen molar-refractivity contribution in [2.45, 2.75) is 0 Å². The SMILES string of the molecule is Nc1cccc2nc(-c3cccc(F)c3)nn12. The summed E-state index contributed by atoms with van der Waals surface area (Å²) in [7, 11) is 0. The lowest BCUT2D eigenvalue weighted by atomic mass is 10.2. The lowest BCUT2D eigenvalue weighted by Crippen LogP contribution is -1.97. The lowest BCUT2D eigenvalue weighted by Gasteiger charge is -1.95. The molecule has 84 valence electrons. The molecule has 0 saturated heterocycles. The number of aromatic nitrogens is 3. The van der Waals surface area contributed by atoms with Crippen molar-refractivity contribution in [1.29, 1.82) is 0 Å². The largest absolute Gasteiger partial charge is 0.384 e. The van der Waals surface area contributed by atoms with Gasteiger partial charge in [-0.15, -0.1) is 5.10 Å². The van der Waals surface area contributed by atoms with Gasteiger partial charge in [-0.2, -0.15) is 4.52 Å². The van der Waals surface area contributed by atoms with Gasteiger partial charge in [-0.1, -0.05) is 18.2 Å². The summed E-state index contributed by atoms with van der Waals surface area (Å²) < 4.78 is 14.6. The Morgan fingerprint density at radius 2 is 1.94 bits per heavy atom. The Morgan fingerprint density at radius 3 is 2.71 bits per heavy atom. The minimum atomic E-state index is -0.311. The molecule has 0 aliphatic heterocycles. The maximum absolute atomic E-state index is 13.1. The fourth-order valence-corrected chi connectivity index (χ4v) is 1.68. The number of fused-ring (bicyclic) bond motifs is 1. The first-order valence-corrected chi connectivity index (χ1v) is 5.11. The van der Waals surface area contributed by atoms with Crippen LogP contribution in [0, 0.1) is 5.82 Å². The van der Waals surface area contributed by atoms with Crippen molar-refractivity contribution in [1.82, 2.24) is 14.6 Å². The molecule has 4 nitrogen and oxygen atoms in total. The Morgan fingerprint density at radius 1 is 1.12 bits per heavy atom. The maximum Gasteiger partial charge on any atom is 0.182 e. The van der Waals surface area contributed by atoms with E-state index < -0.39 is 0 Å². The van der Waals surface area contributed by atoms with E-state index in [4.69, 9.17) is 5.73 Å². The molecule has 17 heavy (non-hydrogen) atoms. The highest BCUT2D eigenvalue weighted by atomic mass is 19.1. The smallest absolute Gasteiger partial charge is 0.182 e. The Hall–Kier alpha value is -2.43. The quantitative estimate of drug-likeness (QED) is 0.694. The van der Waals surface area contributed by atoms with Crippen molar-refractivity contribution in [2.24, 2.45) is 0 Å². The summed E-state index contributed by atoms with van der Waals surface area (Å²) in [5.41, 5.74) is 7.04. The van der Waals surface area contributed by atoms with Crippen LogP contribution < -0.4 is 5.73 Å². The van der Waals surface area contributed by atoms with Gasteiger partial charge < -0.3 is 5.73 Å². The van der Waals surface area contributed by atoms with Crippen molar-refractivity contribution < 1.29 is 4.39 Å². The molecule has 5 heteroatoms. The van der Waals surface area contributed by atoms with Crippen molar-refractivity contribution in [3.05, 3.63) is 48.3 Å². The molecule has 0 atom stereocenters. The standard InChI is InChI=1S/C12H9FN4/c13-9-4-1-3-8(7-9)12-15-11-6-2-5-10(14)17(11)16-12/h1-7H,14H2. The molecule has 0 bridgehead atoms. The van der Waals surface area contributed by atoms with Gasteiger partial charge in [0.2, 0.25) is 0 Å². The van der Waals surface area contributed by atoms with E-state index in [-0.39, 0.29) is 5.82 Å². The highest BCUT2D eigenvalue weighted by Gasteiger charge is 2.07. The highest BCUT2D eigenvalue weighted by molar-refractivity contribution is 5.59. The van der Waals surface area contributed by atoms with Gasteiger partial charge in [0.05, 0.1) is 0 Å². The molecule has 0 aliphatic rings. The summed E-state index contributed by atoms with van der Waals surface area (Å²) in [4.78, 5) is 4.29. The summed E-state index contributed by atoms with van der Waals surface area (Å²) in [6, 6.07) is 11.5. The molecule has 2 aromatic heterocycles. The first-order valence-electron chi connectivity index (χ1n) is 5.11. The van der Waals surface area contributed by atoms with Crippen LogP contribution in [-0.4, -0.2) is 14.6 Å². The van der Waals surface area contributed by atoms with Crippen LogP contribution in [-0.2, 0) is 0 Å². The van der Waals surface area contributed by atoms with Crippen LogP contribution in [0.5, 0.6) is 0 Å². The molecule has 0 unspecified atom stereocenters. The van der Waals surface area contributed by atoms with Gasteiger partial charge in [-0.05, 0) is 24.3 Å². The summed E-state index contributed by atoms with van der Waals surface area (Å²) in [5, 5.41) is 4.24. The summed E-state index contributed by atoms with van der Waals surface area (Å²) in [6.45, 7) is 0. The van der Waals surface area contributed by atoms with Crippen molar-refractivity contribution >= 4 is 11.5 Å². The second kappa shape index (κ2) is 3.55. The van der Waals surface area contributed by atoms with Crippen LogP contribution in [0.2, 0.25) is 0 Å². The van der Waals surface area contributed by atoms with Crippen LogP contribution in [0.4, 0.5) is 10.2 Å². The van der Waals surface area contributed by atoms with Crippen LogP contribution >= 0.6 is 0 Å². The van der Waals surface area contributed by atoms with Crippen molar-refractivity contribution in [3.8, 4) is 11.4 Å². The summed E-state index contributed by atoms with van der Waals surface area (Å²) >= 11 is 0. The molecule has 0 amide bonds. The second-order valence-electron chi connectivity index (χ2n) is 3.67. The first kappa shape index (κ1) is 9.77. The number of pyridine rings is 1. The predicted octanol–water partition coefficient (Wildman–Crippen LogP) is 2.12. The van der Waals surface area contributed by atoms with Crippen molar-refractivity contribution in [3.63, 3.8) is 0 Å². The molecule has 0 saturated carbocycles. The zero-order valence-electron chi connectivity index (χ0n) is 8.84. The number of rotatable bonds is 1. The molecule has 3 aromatic rings. The van der Waals surface area contributed by atoms with Crippen LogP contribution in [0.1, 0.15) is 0 Å². The van der Waals surface area contributed by atoms with E-state index in [1.807, 2.05) is 0 Å². The number of nitrogens with two attached hydrogens (primary N) is 1. The van der Waals surface area contributed by atoms with E-state index >= 15 is 0 Å². The third-order valence-electron chi connectivity index (χ3n) is 2.47. The van der Waals surface area contributed by atoms with E-state index in [2.05, 4.69) is 10.1 Å². The summed E-state index contributed by atoms with van der Waals surface area (Å²) in [5.74, 6) is 0.648. The third kappa shape index (κ3) is 1.61. The first-order chi connectivity index (χ1) is 8.24. The Labute approximate surface area is 96.5 Å². The molecule has 2 N–H and O–H groups in total. The van der Waals surface area contributed by atoms with Gasteiger partial charge in [0, 0.05) is 5.56 Å². The van der Waals surface area contributed by atoms with Crippen molar-refractivity contribution in [2.75, 3.05) is 5.73 Å². The Kier molecular flexibility index (Phi) is 2.04. The Balaban J connectivity index is 2.22. The fourth-order valence-electron chi connectivity index (χ4n) is 1.68. The molecule has 0 radical (unpaired) electrons. The number of nitrogen functional groups attached to an aromatic ring is 1. The van der Waals surface area contributed by atoms with Gasteiger partial charge in [0.1, 0.15) is 11.6 Å². The second-order valence-corrected chi connectivity index (χ2v) is 3.67. The minimum absolute atomic E-state index is 0.311. The third-order valence-corrected chi connectivity index (χ3v) is 2.47. The topological polar surface area (TPSA) is 56.2 Å². The zero-order chi connectivity index (χ0) is 11.8. The molecule has 2 heterocycles. The van der Waals surface area contributed by atoms with Gasteiger partial charge in [0.15, 0.2) is 11.5 Å². The number of nitrogens with zero attached hydrogens (tertiary/aromatic N) is 3. The van der Waals surface area contributed by atoms with Crippen LogP contribution in [0.3, 0.4) is 0 Å². The normalized spacial score (nSPS) is 10.9. The van der Waals surface area contributed by atoms with E-state index in [0.29, 0.717) is 22.9 Å². The summed E-state index contributed by atoms with van der Waals surface area (Å²) in [6.07, 6.45) is 0. The number of hydrogen-bond acceptors (Lipinski definition) is 3. The molecular weight excluding hydrogens is 219 g/mol. The van der Waals surface area contributed by atoms with E-state index in [1.54, 1.807) is 30.3 Å². The molecule has 0 spiro atoms. The lowest BCUT2D eigenvalue weighted by molar-refractivity contribution is 0.628. The average Bonchev–Trinajstić information content (AvgIpc) is 2.74. The highest BCUT2D eigenvalue weighted by Crippen LogP contribution is 2.18. The van der Waals surface area contributed by atoms with E-state index in [1.165, 1.54) is 16.6 Å². The molecular formula is C12H9FN4. The molecule has 0 fully saturated rings. The van der Waals surface area contributed by atoms with Gasteiger partial charge >= 0.3 is 0 Å². The van der Waals surface area contributed by atoms with Crippen LogP contribution in [0.15, 0.2) is 42.5 Å². The fraction of sp³-hybridized carbons (Fsp3) is 0. The number of halogens is 1. The number of hydrogen-bond donors (Lipinski definition) is 1. The predicted molar refractivity (Wildman–Crippen MR) is 62.8 cm³/mol. The van der Waals surface area contributed by atoms with Gasteiger partial charge in [-0.25, -0.2) is 9.37 Å². The number of anilines is 1. The van der Waals surface area contributed by atoms with Gasteiger partial charge in [-0.3, -0.25) is 0 Å². The molecule has 0 aliphatic carbocycles. The van der Waals surface area contributed by atoms with E-state index in [0.717, 1.165) is 0 Å². The molecule has 1 aromatic carbocycles. The minimum Gasteiger partial charge on any atom is -0.384 e. The number of benzene rings is 1. The Bertz CT molecular complexity index is 690. The average molecular weight is 228 g/mol. The molecule has 3 rings (SSSR count). The van der Waals surface area contributed by atoms with Crippen LogP contribution in [0.25, 0.3) is 17.0 Å².